The number of benzene rings is 2. The highest BCUT2D eigenvalue weighted by Gasteiger charge is 2.25. The minimum absolute atomic E-state index is 0.177. The van der Waals surface area contributed by atoms with Crippen LogP contribution in [0.1, 0.15) is 59.0 Å². The van der Waals surface area contributed by atoms with Gasteiger partial charge in [-0.15, -0.1) is 0 Å². The number of rotatable bonds is 6. The number of carbonyl (C=O) groups is 1. The normalized spacial score (nSPS) is 16.0. The smallest absolute Gasteiger partial charge is 0.293 e. The van der Waals surface area contributed by atoms with Crippen LogP contribution in [0.3, 0.4) is 0 Å². The third kappa shape index (κ3) is 4.59. The number of nitro benzene ring substituents is 1. The van der Waals surface area contributed by atoms with Gasteiger partial charge in [0, 0.05) is 17.8 Å². The molecule has 0 fully saturated rings. The standard InChI is InChI=1S/C24H23FN4O3/c1-15(20-6-2-3-12-26-20)27-22-11-9-17(13-23(22)29(31)32)24(30)28-21-7-4-5-16-8-10-18(25)14-19(16)21/h2-3,6,8-15,21,27H,4-5,7H2,1H3,(H,28,30)/t15-,21-/m0/s1. The summed E-state index contributed by atoms with van der Waals surface area (Å²) in [6.07, 6.45) is 4.05. The summed E-state index contributed by atoms with van der Waals surface area (Å²) in [5, 5.41) is 17.7. The number of hydrogen-bond acceptors (Lipinski definition) is 5. The number of nitrogens with zero attached hydrogens (tertiary/aromatic N) is 2. The molecule has 2 N–H and O–H groups in total. The van der Waals surface area contributed by atoms with E-state index < -0.39 is 10.8 Å². The van der Waals surface area contributed by atoms with Crippen molar-refractivity contribution in [2.75, 3.05) is 5.32 Å². The van der Waals surface area contributed by atoms with Gasteiger partial charge in [-0.25, -0.2) is 4.39 Å². The van der Waals surface area contributed by atoms with Gasteiger partial charge in [-0.3, -0.25) is 19.9 Å². The molecular weight excluding hydrogens is 411 g/mol. The van der Waals surface area contributed by atoms with Crippen LogP contribution in [-0.4, -0.2) is 15.8 Å². The molecule has 0 spiro atoms. The highest BCUT2D eigenvalue weighted by Crippen LogP contribution is 2.32. The van der Waals surface area contributed by atoms with Gasteiger partial charge in [0.1, 0.15) is 11.5 Å². The van der Waals surface area contributed by atoms with Crippen molar-refractivity contribution in [2.24, 2.45) is 0 Å². The number of hydrogen-bond donors (Lipinski definition) is 2. The molecule has 7 nitrogen and oxygen atoms in total. The van der Waals surface area contributed by atoms with Gasteiger partial charge in [0.15, 0.2) is 0 Å². The van der Waals surface area contributed by atoms with Crippen molar-refractivity contribution < 1.29 is 14.1 Å². The van der Waals surface area contributed by atoms with E-state index in [0.29, 0.717) is 12.1 Å². The molecule has 0 bridgehead atoms. The van der Waals surface area contributed by atoms with Crippen LogP contribution in [0.25, 0.3) is 0 Å². The van der Waals surface area contributed by atoms with E-state index in [2.05, 4.69) is 15.6 Å². The molecule has 8 heteroatoms. The molecule has 0 saturated carbocycles. The number of carbonyl (C=O) groups excluding carboxylic acids is 1. The molecule has 1 aliphatic rings. The lowest BCUT2D eigenvalue weighted by Gasteiger charge is -2.26. The van der Waals surface area contributed by atoms with Gasteiger partial charge in [-0.2, -0.15) is 0 Å². The van der Waals surface area contributed by atoms with Crippen molar-refractivity contribution in [1.29, 1.82) is 0 Å². The maximum absolute atomic E-state index is 13.7. The molecule has 164 valence electrons. The molecule has 2 atom stereocenters. The van der Waals surface area contributed by atoms with Gasteiger partial charge >= 0.3 is 0 Å². The molecule has 4 rings (SSSR count). The van der Waals surface area contributed by atoms with Gasteiger partial charge < -0.3 is 10.6 Å². The topological polar surface area (TPSA) is 97.2 Å². The Morgan fingerprint density at radius 1 is 1.22 bits per heavy atom. The molecule has 0 unspecified atom stereocenters. The quantitative estimate of drug-likeness (QED) is 0.415. The van der Waals surface area contributed by atoms with E-state index in [9.17, 15) is 19.3 Å². The van der Waals surface area contributed by atoms with Crippen LogP contribution in [0.15, 0.2) is 60.8 Å². The second kappa shape index (κ2) is 9.13. The van der Waals surface area contributed by atoms with Gasteiger partial charge in [-0.05, 0) is 73.7 Å². The Labute approximate surface area is 184 Å². The maximum atomic E-state index is 13.7. The monoisotopic (exact) mass is 434 g/mol. The van der Waals surface area contributed by atoms with Crippen LogP contribution in [0.4, 0.5) is 15.8 Å². The lowest BCUT2D eigenvalue weighted by molar-refractivity contribution is -0.384. The average molecular weight is 434 g/mol. The number of amides is 1. The molecule has 0 saturated heterocycles. The summed E-state index contributed by atoms with van der Waals surface area (Å²) in [7, 11) is 0. The number of pyridine rings is 1. The number of halogens is 1. The molecule has 2 aromatic carbocycles. The number of fused-ring (bicyclic) bond motifs is 1. The van der Waals surface area contributed by atoms with E-state index in [1.807, 2.05) is 19.1 Å². The zero-order chi connectivity index (χ0) is 22.7. The third-order valence-corrected chi connectivity index (χ3v) is 5.69. The van der Waals surface area contributed by atoms with Crippen LogP contribution in [0.5, 0.6) is 0 Å². The lowest BCUT2D eigenvalue weighted by atomic mass is 9.87. The van der Waals surface area contributed by atoms with Crippen molar-refractivity contribution in [3.8, 4) is 0 Å². The maximum Gasteiger partial charge on any atom is 0.293 e. The number of nitro groups is 1. The zero-order valence-electron chi connectivity index (χ0n) is 17.5. The Morgan fingerprint density at radius 3 is 2.81 bits per heavy atom. The highest BCUT2D eigenvalue weighted by atomic mass is 19.1. The fourth-order valence-corrected chi connectivity index (χ4v) is 4.05. The van der Waals surface area contributed by atoms with Gasteiger partial charge in [0.2, 0.25) is 0 Å². The minimum atomic E-state index is -0.518. The molecule has 1 amide bonds. The van der Waals surface area contributed by atoms with Crippen LogP contribution < -0.4 is 10.6 Å². The second-order valence-corrected chi connectivity index (χ2v) is 7.87. The molecular formula is C24H23FN4O3. The predicted octanol–water partition coefficient (Wildman–Crippen LogP) is 5.11. The Balaban J connectivity index is 1.55. The van der Waals surface area contributed by atoms with Crippen molar-refractivity contribution in [1.82, 2.24) is 10.3 Å². The van der Waals surface area contributed by atoms with Crippen LogP contribution in [-0.2, 0) is 6.42 Å². The van der Waals surface area contributed by atoms with Crippen molar-refractivity contribution in [2.45, 2.75) is 38.3 Å². The van der Waals surface area contributed by atoms with E-state index in [4.69, 9.17) is 0 Å². The number of aryl methyl sites for hydroxylation is 1. The largest absolute Gasteiger partial charge is 0.371 e. The number of anilines is 1. The van der Waals surface area contributed by atoms with Crippen molar-refractivity contribution >= 4 is 17.3 Å². The van der Waals surface area contributed by atoms with Gasteiger partial charge in [0.25, 0.3) is 11.6 Å². The molecule has 1 heterocycles. The molecule has 0 radical (unpaired) electrons. The second-order valence-electron chi connectivity index (χ2n) is 7.87. The summed E-state index contributed by atoms with van der Waals surface area (Å²) in [6.45, 7) is 1.85. The van der Waals surface area contributed by atoms with Gasteiger partial charge in [0.05, 0.1) is 22.7 Å². The first-order valence-electron chi connectivity index (χ1n) is 10.5. The molecule has 1 aromatic heterocycles. The summed E-state index contributed by atoms with van der Waals surface area (Å²) in [6, 6.07) is 13.8. The first-order valence-corrected chi connectivity index (χ1v) is 10.5. The van der Waals surface area contributed by atoms with Crippen LogP contribution in [0, 0.1) is 15.9 Å². The van der Waals surface area contributed by atoms with Crippen molar-refractivity contribution in [3.05, 3.63) is 99.1 Å². The van der Waals surface area contributed by atoms with Gasteiger partial charge in [-0.1, -0.05) is 12.1 Å². The average Bonchev–Trinajstić information content (AvgIpc) is 2.80. The predicted molar refractivity (Wildman–Crippen MR) is 119 cm³/mol. The number of aromatic nitrogens is 1. The molecule has 3 aromatic rings. The first-order chi connectivity index (χ1) is 15.4. The highest BCUT2D eigenvalue weighted by molar-refractivity contribution is 5.96. The SMILES string of the molecule is C[C@H](Nc1ccc(C(=O)N[C@H]2CCCc3ccc(F)cc32)cc1[N+](=O)[O-])c1ccccn1. The van der Waals surface area contributed by atoms with Crippen LogP contribution >= 0.6 is 0 Å². The first kappa shape index (κ1) is 21.4. The molecule has 0 aliphatic heterocycles. The van der Waals surface area contributed by atoms with E-state index in [1.54, 1.807) is 24.4 Å². The van der Waals surface area contributed by atoms with E-state index in [-0.39, 0.29) is 29.2 Å². The van der Waals surface area contributed by atoms with Crippen LogP contribution in [0.2, 0.25) is 0 Å². The Kier molecular flexibility index (Phi) is 6.11. The summed E-state index contributed by atoms with van der Waals surface area (Å²) in [4.78, 5) is 28.3. The van der Waals surface area contributed by atoms with Crippen molar-refractivity contribution in [3.63, 3.8) is 0 Å². The minimum Gasteiger partial charge on any atom is -0.371 e. The molecule has 1 aliphatic carbocycles. The summed E-state index contributed by atoms with van der Waals surface area (Å²) >= 11 is 0. The summed E-state index contributed by atoms with van der Waals surface area (Å²) < 4.78 is 13.7. The van der Waals surface area contributed by atoms with E-state index >= 15 is 0 Å². The number of nitrogens with one attached hydrogen (secondary N) is 2. The zero-order valence-corrected chi connectivity index (χ0v) is 17.5. The summed E-state index contributed by atoms with van der Waals surface area (Å²) in [5.74, 6) is -0.780. The fraction of sp³-hybridized carbons (Fsp3) is 0.250. The third-order valence-electron chi connectivity index (χ3n) is 5.69. The molecule has 32 heavy (non-hydrogen) atoms. The fourth-order valence-electron chi connectivity index (χ4n) is 4.05. The Hall–Kier alpha value is -3.81. The van der Waals surface area contributed by atoms with E-state index in [1.165, 1.54) is 24.3 Å². The summed E-state index contributed by atoms with van der Waals surface area (Å²) in [5.41, 5.74) is 2.80. The lowest BCUT2D eigenvalue weighted by Crippen LogP contribution is -2.31. The Bertz CT molecular complexity index is 1150. The van der Waals surface area contributed by atoms with E-state index in [0.717, 1.165) is 29.7 Å². The Morgan fingerprint density at radius 2 is 2.06 bits per heavy atom.